The number of aliphatic hydroxyl groups excluding tert-OH is 2. The first-order valence-corrected chi connectivity index (χ1v) is 3.62. The van der Waals surface area contributed by atoms with Gasteiger partial charge in [0.25, 0.3) is 6.29 Å². The Hall–Kier alpha value is -1.48. The van der Waals surface area contributed by atoms with E-state index in [2.05, 4.69) is 0 Å². The average Bonchev–Trinajstić information content (AvgIpc) is 2.07. The summed E-state index contributed by atoms with van der Waals surface area (Å²) in [6.07, 6.45) is 0.267. The summed E-state index contributed by atoms with van der Waals surface area (Å²) in [5, 5.41) is 18.2. The van der Waals surface area contributed by atoms with E-state index in [1.807, 2.05) is 12.1 Å². The molecular weight excluding hydrogens is 156 g/mol. The average molecular weight is 164 g/mol. The molecule has 0 fully saturated rings. The van der Waals surface area contributed by atoms with Gasteiger partial charge >= 0.3 is 0 Å². The third kappa shape index (κ3) is 1.04. The fraction of sp³-hybridized carbons (Fsp3) is 0.111. The van der Waals surface area contributed by atoms with Gasteiger partial charge in [0.15, 0.2) is 5.76 Å². The number of hydrogen-bond acceptors (Lipinski definition) is 3. The minimum atomic E-state index is -1.22. The lowest BCUT2D eigenvalue weighted by atomic mass is 10.1. The summed E-state index contributed by atoms with van der Waals surface area (Å²) in [5.41, 5.74) is 0.778. The van der Waals surface area contributed by atoms with E-state index in [1.165, 1.54) is 6.08 Å². The summed E-state index contributed by atoms with van der Waals surface area (Å²) >= 11 is 0. The normalized spacial score (nSPS) is 20.8. The fourth-order valence-corrected chi connectivity index (χ4v) is 1.12. The summed E-state index contributed by atoms with van der Waals surface area (Å²) in [5.74, 6) is 0.427. The van der Waals surface area contributed by atoms with Crippen molar-refractivity contribution in [1.29, 1.82) is 0 Å². The largest absolute Gasteiger partial charge is 0.506 e. The van der Waals surface area contributed by atoms with Gasteiger partial charge in [-0.15, -0.1) is 0 Å². The Labute approximate surface area is 69.5 Å². The first-order valence-electron chi connectivity index (χ1n) is 3.62. The van der Waals surface area contributed by atoms with Crippen molar-refractivity contribution in [1.82, 2.24) is 0 Å². The van der Waals surface area contributed by atoms with Gasteiger partial charge in [0.2, 0.25) is 0 Å². The Morgan fingerprint density at radius 3 is 2.83 bits per heavy atom. The summed E-state index contributed by atoms with van der Waals surface area (Å²) in [6, 6.07) is 7.18. The van der Waals surface area contributed by atoms with Crippen molar-refractivity contribution in [3.05, 3.63) is 35.6 Å². The standard InChI is InChI=1S/C9H8O3/c10-7-5-6-3-1-2-4-8(6)12-9(7)11/h1-5,9-11H. The summed E-state index contributed by atoms with van der Waals surface area (Å²) in [7, 11) is 0. The molecular formula is C9H8O3. The predicted octanol–water partition coefficient (Wildman–Crippen LogP) is 1.30. The molecule has 3 nitrogen and oxygen atoms in total. The van der Waals surface area contributed by atoms with Crippen LogP contribution in [0.5, 0.6) is 5.75 Å². The molecule has 1 atom stereocenters. The molecule has 1 heterocycles. The van der Waals surface area contributed by atoms with E-state index in [1.54, 1.807) is 12.1 Å². The van der Waals surface area contributed by atoms with Gasteiger partial charge in [0, 0.05) is 5.56 Å². The lowest BCUT2D eigenvalue weighted by Crippen LogP contribution is -2.21. The van der Waals surface area contributed by atoms with Crippen LogP contribution in [0.25, 0.3) is 6.08 Å². The van der Waals surface area contributed by atoms with Crippen molar-refractivity contribution in [2.24, 2.45) is 0 Å². The number of rotatable bonds is 0. The molecule has 0 bridgehead atoms. The molecule has 62 valence electrons. The van der Waals surface area contributed by atoms with Gasteiger partial charge in [0.1, 0.15) is 5.75 Å². The van der Waals surface area contributed by atoms with Crippen molar-refractivity contribution in [3.63, 3.8) is 0 Å². The first kappa shape index (κ1) is 7.18. The van der Waals surface area contributed by atoms with Crippen LogP contribution in [0.2, 0.25) is 0 Å². The maximum Gasteiger partial charge on any atom is 0.256 e. The zero-order valence-electron chi connectivity index (χ0n) is 6.27. The second-order valence-corrected chi connectivity index (χ2v) is 2.58. The molecule has 1 aliphatic heterocycles. The van der Waals surface area contributed by atoms with Crippen molar-refractivity contribution in [2.75, 3.05) is 0 Å². The van der Waals surface area contributed by atoms with Crippen molar-refractivity contribution >= 4 is 6.08 Å². The zero-order valence-corrected chi connectivity index (χ0v) is 6.27. The molecule has 1 aliphatic rings. The summed E-state index contributed by atoms with van der Waals surface area (Å²) in [6.45, 7) is 0. The lowest BCUT2D eigenvalue weighted by molar-refractivity contribution is -0.0176. The molecule has 0 aliphatic carbocycles. The van der Waals surface area contributed by atoms with Gasteiger partial charge in [-0.05, 0) is 12.1 Å². The summed E-state index contributed by atoms with van der Waals surface area (Å²) < 4.78 is 4.98. The van der Waals surface area contributed by atoms with Gasteiger partial charge in [-0.2, -0.15) is 0 Å². The Bertz CT molecular complexity index is 330. The zero-order chi connectivity index (χ0) is 8.55. The highest BCUT2D eigenvalue weighted by atomic mass is 16.6. The monoisotopic (exact) mass is 164 g/mol. The third-order valence-corrected chi connectivity index (χ3v) is 1.71. The number of para-hydroxylation sites is 1. The van der Waals surface area contributed by atoms with E-state index < -0.39 is 6.29 Å². The topological polar surface area (TPSA) is 49.7 Å². The first-order chi connectivity index (χ1) is 5.77. The second kappa shape index (κ2) is 2.53. The Balaban J connectivity index is 2.49. The van der Waals surface area contributed by atoms with Crippen LogP contribution in [0, 0.1) is 0 Å². The highest BCUT2D eigenvalue weighted by Gasteiger charge is 2.18. The molecule has 1 unspecified atom stereocenters. The van der Waals surface area contributed by atoms with Crippen LogP contribution in [0.15, 0.2) is 30.0 Å². The van der Waals surface area contributed by atoms with Crippen molar-refractivity contribution < 1.29 is 14.9 Å². The second-order valence-electron chi connectivity index (χ2n) is 2.58. The molecule has 0 saturated heterocycles. The third-order valence-electron chi connectivity index (χ3n) is 1.71. The van der Waals surface area contributed by atoms with E-state index >= 15 is 0 Å². The van der Waals surface area contributed by atoms with Crippen LogP contribution in [-0.2, 0) is 0 Å². The van der Waals surface area contributed by atoms with Crippen molar-refractivity contribution in [3.8, 4) is 5.75 Å². The van der Waals surface area contributed by atoms with Crippen molar-refractivity contribution in [2.45, 2.75) is 6.29 Å². The number of benzene rings is 1. The molecule has 0 amide bonds. The van der Waals surface area contributed by atoms with Gasteiger partial charge < -0.3 is 14.9 Å². The van der Waals surface area contributed by atoms with Crippen LogP contribution >= 0.6 is 0 Å². The molecule has 1 aromatic carbocycles. The predicted molar refractivity (Wildman–Crippen MR) is 43.7 cm³/mol. The van der Waals surface area contributed by atoms with Crippen LogP contribution in [0.4, 0.5) is 0 Å². The maximum atomic E-state index is 9.11. The minimum absolute atomic E-state index is 0.159. The fourth-order valence-electron chi connectivity index (χ4n) is 1.12. The Kier molecular flexibility index (Phi) is 1.52. The molecule has 2 N–H and O–H groups in total. The van der Waals surface area contributed by atoms with Crippen LogP contribution in [0.3, 0.4) is 0 Å². The molecule has 0 spiro atoms. The van der Waals surface area contributed by atoms with E-state index in [-0.39, 0.29) is 5.76 Å². The number of fused-ring (bicyclic) bond motifs is 1. The van der Waals surface area contributed by atoms with E-state index in [0.717, 1.165) is 5.56 Å². The molecule has 12 heavy (non-hydrogen) atoms. The highest BCUT2D eigenvalue weighted by molar-refractivity contribution is 5.60. The maximum absolute atomic E-state index is 9.11. The van der Waals surface area contributed by atoms with Gasteiger partial charge in [-0.3, -0.25) is 0 Å². The molecule has 3 heteroatoms. The molecule has 0 aromatic heterocycles. The Morgan fingerprint density at radius 2 is 2.00 bits per heavy atom. The van der Waals surface area contributed by atoms with Gasteiger partial charge in [0.05, 0.1) is 0 Å². The van der Waals surface area contributed by atoms with E-state index in [4.69, 9.17) is 14.9 Å². The Morgan fingerprint density at radius 1 is 1.25 bits per heavy atom. The number of ether oxygens (including phenoxy) is 1. The van der Waals surface area contributed by atoms with Crippen LogP contribution in [-0.4, -0.2) is 16.5 Å². The van der Waals surface area contributed by atoms with E-state index in [9.17, 15) is 0 Å². The minimum Gasteiger partial charge on any atom is -0.506 e. The number of aliphatic hydroxyl groups is 2. The lowest BCUT2D eigenvalue weighted by Gasteiger charge is -2.19. The number of hydrogen-bond donors (Lipinski definition) is 2. The molecule has 1 aromatic rings. The highest BCUT2D eigenvalue weighted by Crippen LogP contribution is 2.26. The quantitative estimate of drug-likeness (QED) is 0.607. The summed E-state index contributed by atoms with van der Waals surface area (Å²) in [4.78, 5) is 0. The van der Waals surface area contributed by atoms with Crippen LogP contribution in [0.1, 0.15) is 5.56 Å². The smallest absolute Gasteiger partial charge is 0.256 e. The molecule has 2 rings (SSSR count). The van der Waals surface area contributed by atoms with E-state index in [0.29, 0.717) is 5.75 Å². The molecule has 0 saturated carbocycles. The SMILES string of the molecule is OC1=Cc2ccccc2OC1O. The van der Waals surface area contributed by atoms with Crippen LogP contribution < -0.4 is 4.74 Å². The van der Waals surface area contributed by atoms with Gasteiger partial charge in [-0.1, -0.05) is 18.2 Å². The van der Waals surface area contributed by atoms with Gasteiger partial charge in [-0.25, -0.2) is 0 Å². The molecule has 0 radical (unpaired) electrons.